The zero-order chi connectivity index (χ0) is 24.6. The Bertz CT molecular complexity index is 981. The highest BCUT2D eigenvalue weighted by molar-refractivity contribution is 7.10. The highest BCUT2D eigenvalue weighted by Gasteiger charge is 2.69. The monoisotopic (exact) mass is 495 g/mol. The van der Waals surface area contributed by atoms with E-state index in [2.05, 4.69) is 56.5 Å². The molecule has 0 aromatic carbocycles. The molecule has 3 unspecified atom stereocenters. The minimum atomic E-state index is 0.132. The molecule has 190 valence electrons. The Morgan fingerprint density at radius 1 is 1.37 bits per heavy atom. The smallest absolute Gasteiger partial charge is 0.223 e. The molecule has 5 atom stereocenters. The Balaban J connectivity index is 1.23. The van der Waals surface area contributed by atoms with Crippen LogP contribution in [0.2, 0.25) is 0 Å². The van der Waals surface area contributed by atoms with E-state index in [1.807, 2.05) is 13.8 Å². The van der Waals surface area contributed by atoms with Gasteiger partial charge in [0, 0.05) is 54.1 Å². The van der Waals surface area contributed by atoms with E-state index in [1.165, 1.54) is 43.4 Å². The highest BCUT2D eigenvalue weighted by atomic mass is 32.1. The van der Waals surface area contributed by atoms with Crippen molar-refractivity contribution in [2.45, 2.75) is 95.8 Å². The Morgan fingerprint density at radius 2 is 2.17 bits per heavy atom. The summed E-state index contributed by atoms with van der Waals surface area (Å²) in [5.74, 6) is 1.39. The van der Waals surface area contributed by atoms with Crippen LogP contribution in [0.4, 0.5) is 0 Å². The van der Waals surface area contributed by atoms with E-state index >= 15 is 0 Å². The molecule has 5 rings (SSSR count). The number of thiophene rings is 1. The largest absolute Gasteiger partial charge is 0.355 e. The van der Waals surface area contributed by atoms with E-state index in [4.69, 9.17) is 0 Å². The summed E-state index contributed by atoms with van der Waals surface area (Å²) in [5.41, 5.74) is 1.45. The van der Waals surface area contributed by atoms with Crippen molar-refractivity contribution in [1.29, 1.82) is 0 Å². The van der Waals surface area contributed by atoms with Gasteiger partial charge in [-0.1, -0.05) is 25.5 Å². The maximum Gasteiger partial charge on any atom is 0.223 e. The van der Waals surface area contributed by atoms with Crippen molar-refractivity contribution >= 4 is 29.3 Å². The first-order valence-corrected chi connectivity index (χ1v) is 14.4. The third-order valence-corrected chi connectivity index (χ3v) is 10.2. The number of carbonyl (C=O) groups is 1. The van der Waals surface area contributed by atoms with Gasteiger partial charge < -0.3 is 10.2 Å². The molecule has 1 saturated heterocycles. The number of carbonyl (C=O) groups excluding carboxylic acids is 1. The van der Waals surface area contributed by atoms with Crippen LogP contribution in [0.3, 0.4) is 0 Å². The molecule has 0 bridgehead atoms. The van der Waals surface area contributed by atoms with E-state index in [0.717, 1.165) is 37.2 Å². The summed E-state index contributed by atoms with van der Waals surface area (Å²) < 4.78 is 0. The number of rotatable bonds is 9. The van der Waals surface area contributed by atoms with Gasteiger partial charge in [-0.25, -0.2) is 0 Å². The van der Waals surface area contributed by atoms with Crippen LogP contribution in [0.1, 0.15) is 82.6 Å². The summed E-state index contributed by atoms with van der Waals surface area (Å²) in [7, 11) is 2.16. The number of likely N-dealkylation sites (tertiary alicyclic amines) is 1. The summed E-state index contributed by atoms with van der Waals surface area (Å²) in [6, 6.07) is 6.25. The van der Waals surface area contributed by atoms with E-state index in [1.54, 1.807) is 17.6 Å². The number of amidine groups is 1. The zero-order valence-electron chi connectivity index (χ0n) is 21.6. The number of amides is 1. The van der Waals surface area contributed by atoms with Crippen molar-refractivity contribution in [2.24, 2.45) is 21.5 Å². The van der Waals surface area contributed by atoms with E-state index in [9.17, 15) is 4.79 Å². The number of piperidine rings is 1. The maximum atomic E-state index is 12.9. The average molecular weight is 496 g/mol. The maximum absolute atomic E-state index is 12.9. The second-order valence-corrected chi connectivity index (χ2v) is 12.1. The van der Waals surface area contributed by atoms with Crippen molar-refractivity contribution in [3.63, 3.8) is 0 Å². The van der Waals surface area contributed by atoms with Gasteiger partial charge in [-0.15, -0.1) is 16.4 Å². The molecule has 1 aliphatic heterocycles. The number of nitrogens with zero attached hydrogens (tertiary/aromatic N) is 4. The van der Waals surface area contributed by atoms with Crippen LogP contribution in [0.5, 0.6) is 0 Å². The SMILES string of the molecule is C=C(C)/C(=N/N=C/C)N(C)C1CC2N(CC[C@H](NC(=O)C3CCCC3)c3cccs3)[C@@H]3CCC23C1. The molecule has 0 radical (unpaired) electrons. The van der Waals surface area contributed by atoms with E-state index < -0.39 is 0 Å². The Morgan fingerprint density at radius 3 is 2.80 bits per heavy atom. The Hall–Kier alpha value is -1.99. The van der Waals surface area contributed by atoms with Crippen molar-refractivity contribution in [2.75, 3.05) is 13.6 Å². The Labute approximate surface area is 214 Å². The van der Waals surface area contributed by atoms with Gasteiger partial charge >= 0.3 is 0 Å². The standard InChI is InChI=1S/C28H41N5OS/c1-5-29-31-26(19(2)3)32(4)21-17-25-28(18-21)14-12-24(28)33(25)15-13-22(23-11-8-16-35-23)30-27(34)20-9-6-7-10-20/h5,8,11,16,20-22,24-25H,2,6-7,9-10,12-15,17-18H2,1,3-4H3,(H,30,34)/b29-5+,31-26-/t21?,22-,24+,25?,28?/m0/s1. The van der Waals surface area contributed by atoms with Gasteiger partial charge in [0.05, 0.1) is 6.04 Å². The summed E-state index contributed by atoms with van der Waals surface area (Å²) in [5, 5.41) is 14.2. The van der Waals surface area contributed by atoms with Gasteiger partial charge in [0.15, 0.2) is 5.84 Å². The van der Waals surface area contributed by atoms with Crippen LogP contribution in [0.25, 0.3) is 0 Å². The second kappa shape index (κ2) is 10.2. The quantitative estimate of drug-likeness (QED) is 0.284. The van der Waals surface area contributed by atoms with Crippen molar-refractivity contribution in [1.82, 2.24) is 15.1 Å². The van der Waals surface area contributed by atoms with Gasteiger partial charge in [0.2, 0.25) is 5.91 Å². The summed E-state index contributed by atoms with van der Waals surface area (Å²) in [6.45, 7) is 9.12. The molecule has 2 heterocycles. The molecule has 35 heavy (non-hydrogen) atoms. The van der Waals surface area contributed by atoms with Crippen LogP contribution in [-0.4, -0.2) is 59.5 Å². The van der Waals surface area contributed by atoms with Crippen LogP contribution in [0.15, 0.2) is 39.9 Å². The molecule has 7 heteroatoms. The third kappa shape index (κ3) is 4.50. The lowest BCUT2D eigenvalue weighted by molar-refractivity contribution is -0.188. The molecule has 1 N–H and O–H groups in total. The topological polar surface area (TPSA) is 60.3 Å². The predicted molar refractivity (Wildman–Crippen MR) is 145 cm³/mol. The highest BCUT2D eigenvalue weighted by Crippen LogP contribution is 2.65. The summed E-state index contributed by atoms with van der Waals surface area (Å²) in [4.78, 5) is 19.3. The molecule has 6 nitrogen and oxygen atoms in total. The zero-order valence-corrected chi connectivity index (χ0v) is 22.4. The van der Waals surface area contributed by atoms with Gasteiger partial charge in [-0.3, -0.25) is 9.69 Å². The fourth-order valence-electron chi connectivity index (χ4n) is 7.40. The first-order valence-electron chi connectivity index (χ1n) is 13.5. The number of hydrogen-bond acceptors (Lipinski definition) is 5. The molecule has 4 fully saturated rings. The van der Waals surface area contributed by atoms with Gasteiger partial charge in [-0.2, -0.15) is 5.10 Å². The van der Waals surface area contributed by atoms with Crippen molar-refractivity contribution in [3.05, 3.63) is 34.5 Å². The lowest BCUT2D eigenvalue weighted by Gasteiger charge is -2.68. The molecule has 3 saturated carbocycles. The molecular weight excluding hydrogens is 454 g/mol. The normalized spacial score (nSPS) is 31.5. The van der Waals surface area contributed by atoms with Crippen LogP contribution in [-0.2, 0) is 4.79 Å². The first-order chi connectivity index (χ1) is 16.9. The van der Waals surface area contributed by atoms with Gasteiger partial charge in [0.25, 0.3) is 0 Å². The average Bonchev–Trinajstić information content (AvgIpc) is 3.60. The number of likely N-dealkylation sites (N-methyl/N-ethyl adjacent to an activating group) is 1. The summed E-state index contributed by atoms with van der Waals surface area (Å²) in [6.07, 6.45) is 12.3. The lowest BCUT2D eigenvalue weighted by atomic mass is 9.53. The van der Waals surface area contributed by atoms with Crippen LogP contribution in [0, 0.1) is 11.3 Å². The third-order valence-electron chi connectivity index (χ3n) is 9.26. The molecule has 3 aliphatic carbocycles. The molecule has 1 amide bonds. The van der Waals surface area contributed by atoms with Gasteiger partial charge in [-0.05, 0) is 75.8 Å². The Kier molecular flexibility index (Phi) is 7.18. The fourth-order valence-corrected chi connectivity index (χ4v) is 8.21. The minimum absolute atomic E-state index is 0.132. The van der Waals surface area contributed by atoms with Gasteiger partial charge in [0.1, 0.15) is 0 Å². The lowest BCUT2D eigenvalue weighted by Crippen LogP contribution is -2.74. The minimum Gasteiger partial charge on any atom is -0.355 e. The first kappa shape index (κ1) is 24.7. The van der Waals surface area contributed by atoms with Crippen molar-refractivity contribution in [3.8, 4) is 0 Å². The molecule has 1 aromatic rings. The number of hydrogen-bond donors (Lipinski definition) is 1. The van der Waals surface area contributed by atoms with Crippen molar-refractivity contribution < 1.29 is 4.79 Å². The van der Waals surface area contributed by atoms with E-state index in [0.29, 0.717) is 23.5 Å². The molecule has 4 aliphatic rings. The molecule has 1 aromatic heterocycles. The molecule has 1 spiro atoms. The second-order valence-electron chi connectivity index (χ2n) is 11.2. The predicted octanol–water partition coefficient (Wildman–Crippen LogP) is 5.39. The molecular formula is C28H41N5OS. The fraction of sp³-hybridized carbons (Fsp3) is 0.679. The summed E-state index contributed by atoms with van der Waals surface area (Å²) >= 11 is 1.77. The van der Waals surface area contributed by atoms with Crippen LogP contribution >= 0.6 is 11.3 Å². The number of nitrogens with one attached hydrogen (secondary N) is 1. The van der Waals surface area contributed by atoms with E-state index in [-0.39, 0.29) is 17.9 Å². The van der Waals surface area contributed by atoms with Crippen LogP contribution < -0.4 is 5.32 Å².